The van der Waals surface area contributed by atoms with Gasteiger partial charge in [-0.15, -0.1) is 11.3 Å². The molecule has 2 aromatic heterocycles. The summed E-state index contributed by atoms with van der Waals surface area (Å²) < 4.78 is 7.54. The van der Waals surface area contributed by atoms with Crippen LogP contribution in [0.1, 0.15) is 22.2 Å². The van der Waals surface area contributed by atoms with Crippen LogP contribution in [0.2, 0.25) is 0 Å². The number of aryl methyl sites for hydroxylation is 1. The van der Waals surface area contributed by atoms with Gasteiger partial charge in [0.1, 0.15) is 5.75 Å². The Morgan fingerprint density at radius 1 is 1.30 bits per heavy atom. The third-order valence-corrected chi connectivity index (χ3v) is 5.61. The molecular formula is C20H22N4O2S. The quantitative estimate of drug-likeness (QED) is 0.736. The molecule has 7 heteroatoms. The standard InChI is InChI=1S/C20H22N4O2S/c1-14-12-21-20(27-14)22-18(25)13-24-11-10-23-9-3-4-17(23)19(24)15-5-7-16(26-2)8-6-15/h3-9,12,19H,10-11,13H2,1-2H3,(H,21,22,25). The van der Waals surface area contributed by atoms with Crippen LogP contribution in [0.25, 0.3) is 0 Å². The molecule has 0 saturated carbocycles. The maximum absolute atomic E-state index is 12.6. The number of ether oxygens (including phenoxy) is 1. The summed E-state index contributed by atoms with van der Waals surface area (Å²) in [5.41, 5.74) is 2.35. The lowest BCUT2D eigenvalue weighted by Crippen LogP contribution is -2.42. The van der Waals surface area contributed by atoms with E-state index in [0.29, 0.717) is 11.7 Å². The number of methoxy groups -OCH3 is 1. The third-order valence-electron chi connectivity index (χ3n) is 4.78. The molecule has 1 aliphatic rings. The van der Waals surface area contributed by atoms with Gasteiger partial charge in [-0.3, -0.25) is 9.69 Å². The molecule has 1 unspecified atom stereocenters. The Kier molecular flexibility index (Phi) is 4.96. The molecule has 0 spiro atoms. The van der Waals surface area contributed by atoms with Gasteiger partial charge in [0.05, 0.1) is 19.7 Å². The van der Waals surface area contributed by atoms with E-state index >= 15 is 0 Å². The van der Waals surface area contributed by atoms with E-state index in [1.165, 1.54) is 17.0 Å². The number of hydrogen-bond donors (Lipinski definition) is 1. The molecule has 1 aromatic carbocycles. The zero-order valence-electron chi connectivity index (χ0n) is 15.4. The number of thiazole rings is 1. The van der Waals surface area contributed by atoms with Crippen molar-refractivity contribution in [2.45, 2.75) is 19.5 Å². The van der Waals surface area contributed by atoms with Gasteiger partial charge in [0.15, 0.2) is 5.13 Å². The van der Waals surface area contributed by atoms with Crippen molar-refractivity contribution in [2.24, 2.45) is 0 Å². The van der Waals surface area contributed by atoms with E-state index in [2.05, 4.69) is 50.2 Å². The van der Waals surface area contributed by atoms with Crippen LogP contribution < -0.4 is 10.1 Å². The summed E-state index contributed by atoms with van der Waals surface area (Å²) in [7, 11) is 1.66. The SMILES string of the molecule is COc1ccc(C2c3cccn3CCN2CC(=O)Nc2ncc(C)s2)cc1. The van der Waals surface area contributed by atoms with Crippen molar-refractivity contribution in [3.63, 3.8) is 0 Å². The number of fused-ring (bicyclic) bond motifs is 1. The molecular weight excluding hydrogens is 360 g/mol. The summed E-state index contributed by atoms with van der Waals surface area (Å²) in [6.45, 7) is 3.98. The van der Waals surface area contributed by atoms with Crippen LogP contribution >= 0.6 is 11.3 Å². The third kappa shape index (κ3) is 3.74. The second-order valence-corrected chi connectivity index (χ2v) is 7.83. The second kappa shape index (κ2) is 7.54. The number of rotatable bonds is 5. The molecule has 4 rings (SSSR count). The van der Waals surface area contributed by atoms with Gasteiger partial charge in [-0.25, -0.2) is 4.98 Å². The molecule has 3 heterocycles. The minimum atomic E-state index is -0.0390. The molecule has 1 atom stereocenters. The molecule has 0 aliphatic carbocycles. The number of anilines is 1. The normalized spacial score (nSPS) is 16.7. The van der Waals surface area contributed by atoms with Crippen LogP contribution in [0.5, 0.6) is 5.75 Å². The topological polar surface area (TPSA) is 59.4 Å². The van der Waals surface area contributed by atoms with E-state index in [1.807, 2.05) is 19.1 Å². The maximum atomic E-state index is 12.6. The van der Waals surface area contributed by atoms with Crippen molar-refractivity contribution in [3.05, 3.63) is 64.9 Å². The van der Waals surface area contributed by atoms with Crippen molar-refractivity contribution in [1.82, 2.24) is 14.5 Å². The highest BCUT2D eigenvalue weighted by atomic mass is 32.1. The summed E-state index contributed by atoms with van der Waals surface area (Å²) >= 11 is 1.49. The second-order valence-electron chi connectivity index (χ2n) is 6.60. The summed E-state index contributed by atoms with van der Waals surface area (Å²) in [4.78, 5) is 20.1. The Bertz CT molecular complexity index is 932. The molecule has 1 N–H and O–H groups in total. The average Bonchev–Trinajstić information content (AvgIpc) is 3.30. The number of aromatic nitrogens is 2. The predicted molar refractivity (Wildman–Crippen MR) is 106 cm³/mol. The summed E-state index contributed by atoms with van der Waals surface area (Å²) in [6.07, 6.45) is 3.87. The van der Waals surface area contributed by atoms with Gasteiger partial charge in [-0.1, -0.05) is 12.1 Å². The van der Waals surface area contributed by atoms with Gasteiger partial charge in [0, 0.05) is 36.1 Å². The van der Waals surface area contributed by atoms with Crippen LogP contribution in [0, 0.1) is 6.92 Å². The van der Waals surface area contributed by atoms with Crippen molar-refractivity contribution >= 4 is 22.4 Å². The highest BCUT2D eigenvalue weighted by molar-refractivity contribution is 7.15. The molecule has 1 amide bonds. The number of carbonyl (C=O) groups is 1. The lowest BCUT2D eigenvalue weighted by atomic mass is 9.99. The Balaban J connectivity index is 1.57. The van der Waals surface area contributed by atoms with Crippen LogP contribution in [0.15, 0.2) is 48.8 Å². The monoisotopic (exact) mass is 382 g/mol. The average molecular weight is 382 g/mol. The highest BCUT2D eigenvalue weighted by Crippen LogP contribution is 2.33. The zero-order chi connectivity index (χ0) is 18.8. The highest BCUT2D eigenvalue weighted by Gasteiger charge is 2.30. The van der Waals surface area contributed by atoms with Crippen LogP contribution in [-0.2, 0) is 11.3 Å². The molecule has 140 valence electrons. The minimum Gasteiger partial charge on any atom is -0.497 e. The van der Waals surface area contributed by atoms with E-state index in [-0.39, 0.29) is 11.9 Å². The lowest BCUT2D eigenvalue weighted by molar-refractivity contribution is -0.117. The Labute approximate surface area is 162 Å². The van der Waals surface area contributed by atoms with Crippen molar-refractivity contribution < 1.29 is 9.53 Å². The summed E-state index contributed by atoms with van der Waals surface area (Å²) in [5.74, 6) is 0.788. The Morgan fingerprint density at radius 3 is 2.81 bits per heavy atom. The van der Waals surface area contributed by atoms with E-state index in [1.54, 1.807) is 13.3 Å². The van der Waals surface area contributed by atoms with E-state index in [4.69, 9.17) is 4.74 Å². The fraction of sp³-hybridized carbons (Fsp3) is 0.300. The predicted octanol–water partition coefficient (Wildman–Crippen LogP) is 3.31. The number of amides is 1. The van der Waals surface area contributed by atoms with Gasteiger partial charge in [-0.2, -0.15) is 0 Å². The number of hydrogen-bond acceptors (Lipinski definition) is 5. The molecule has 0 bridgehead atoms. The molecule has 3 aromatic rings. The van der Waals surface area contributed by atoms with Gasteiger partial charge in [0.25, 0.3) is 0 Å². The number of nitrogens with one attached hydrogen (secondary N) is 1. The minimum absolute atomic E-state index is 0.0310. The lowest BCUT2D eigenvalue weighted by Gasteiger charge is -2.36. The summed E-state index contributed by atoms with van der Waals surface area (Å²) in [6, 6.07) is 12.3. The number of nitrogens with zero attached hydrogens (tertiary/aromatic N) is 3. The number of carbonyl (C=O) groups excluding carboxylic acids is 1. The van der Waals surface area contributed by atoms with E-state index < -0.39 is 0 Å². The largest absolute Gasteiger partial charge is 0.497 e. The molecule has 27 heavy (non-hydrogen) atoms. The Morgan fingerprint density at radius 2 is 2.11 bits per heavy atom. The van der Waals surface area contributed by atoms with Gasteiger partial charge < -0.3 is 14.6 Å². The van der Waals surface area contributed by atoms with Gasteiger partial charge >= 0.3 is 0 Å². The first kappa shape index (κ1) is 17.8. The molecule has 0 radical (unpaired) electrons. The zero-order valence-corrected chi connectivity index (χ0v) is 16.2. The van der Waals surface area contributed by atoms with Gasteiger partial charge in [0.2, 0.25) is 5.91 Å². The van der Waals surface area contributed by atoms with E-state index in [0.717, 1.165) is 29.3 Å². The Hall–Kier alpha value is -2.64. The van der Waals surface area contributed by atoms with Crippen LogP contribution in [0.4, 0.5) is 5.13 Å². The molecule has 0 saturated heterocycles. The molecule has 6 nitrogen and oxygen atoms in total. The van der Waals surface area contributed by atoms with Crippen molar-refractivity contribution in [2.75, 3.05) is 25.5 Å². The first-order valence-corrected chi connectivity index (χ1v) is 9.71. The maximum Gasteiger partial charge on any atom is 0.240 e. The first-order valence-electron chi connectivity index (χ1n) is 8.89. The first-order chi connectivity index (χ1) is 13.1. The fourth-order valence-corrected chi connectivity index (χ4v) is 4.21. The fourth-order valence-electron chi connectivity index (χ4n) is 3.53. The smallest absolute Gasteiger partial charge is 0.240 e. The van der Waals surface area contributed by atoms with Crippen LogP contribution in [-0.4, -0.2) is 40.6 Å². The van der Waals surface area contributed by atoms with Gasteiger partial charge in [-0.05, 0) is 36.8 Å². The number of benzene rings is 1. The van der Waals surface area contributed by atoms with E-state index in [9.17, 15) is 4.79 Å². The van der Waals surface area contributed by atoms with Crippen molar-refractivity contribution in [3.8, 4) is 5.75 Å². The molecule has 1 aliphatic heterocycles. The summed E-state index contributed by atoms with van der Waals surface area (Å²) in [5, 5.41) is 3.57. The van der Waals surface area contributed by atoms with Crippen molar-refractivity contribution in [1.29, 1.82) is 0 Å². The molecule has 0 fully saturated rings. The van der Waals surface area contributed by atoms with Crippen LogP contribution in [0.3, 0.4) is 0 Å².